The number of nitrogen functional groups attached to an aromatic ring is 1. The molecule has 2 nitrogen and oxygen atoms in total. The molecule has 0 fully saturated rings. The number of benzene rings is 1. The van der Waals surface area contributed by atoms with E-state index in [1.165, 1.54) is 0 Å². The van der Waals surface area contributed by atoms with E-state index < -0.39 is 0 Å². The fourth-order valence-corrected chi connectivity index (χ4v) is 0.642. The molecule has 0 amide bonds. The largest absolute Gasteiger partial charge is 1.00 e. The number of ether oxygens (including phenoxy) is 1. The molecule has 0 atom stereocenters. The van der Waals surface area contributed by atoms with E-state index in [1.54, 1.807) is 13.2 Å². The molecule has 0 aliphatic rings. The van der Waals surface area contributed by atoms with Crippen LogP contribution < -0.4 is 40.0 Å². The molecule has 0 bridgehead atoms. The molecule has 0 radical (unpaired) electrons. The third-order valence-electron chi connectivity index (χ3n) is 1.09. The summed E-state index contributed by atoms with van der Waals surface area (Å²) in [7, 11) is 1.62. The first-order chi connectivity index (χ1) is 4.33. The van der Waals surface area contributed by atoms with Gasteiger partial charge in [0.2, 0.25) is 0 Å². The number of methoxy groups -OCH3 is 1. The van der Waals surface area contributed by atoms with E-state index >= 15 is 0 Å². The fourth-order valence-electron chi connectivity index (χ4n) is 0.642. The average molecular weight is 147 g/mol. The monoisotopic (exact) mass is 147 g/mol. The van der Waals surface area contributed by atoms with Crippen molar-refractivity contribution < 1.29 is 35.7 Å². The van der Waals surface area contributed by atoms with E-state index in [2.05, 4.69) is 0 Å². The Morgan fingerprint density at radius 2 is 2.20 bits per heavy atom. The summed E-state index contributed by atoms with van der Waals surface area (Å²) in [5.41, 5.74) is 6.19. The molecule has 0 aromatic heterocycles. The van der Waals surface area contributed by atoms with Gasteiger partial charge in [-0.15, -0.1) is 0 Å². The number of rotatable bonds is 1. The van der Waals surface area contributed by atoms with Crippen LogP contribution in [0, 0.1) is 0 Å². The molecular formula is C7H10NNaO. The normalized spacial score (nSPS) is 8.10. The number of hydrogen-bond donors (Lipinski definition) is 1. The average Bonchev–Trinajstić information content (AvgIpc) is 1.88. The van der Waals surface area contributed by atoms with Crippen molar-refractivity contribution in [3.05, 3.63) is 24.3 Å². The molecule has 10 heavy (non-hydrogen) atoms. The van der Waals surface area contributed by atoms with Gasteiger partial charge in [0.25, 0.3) is 0 Å². The zero-order chi connectivity index (χ0) is 6.69. The summed E-state index contributed by atoms with van der Waals surface area (Å²) in [5.74, 6) is 0.801. The van der Waals surface area contributed by atoms with Crippen LogP contribution in [0.25, 0.3) is 0 Å². The first-order valence-electron chi connectivity index (χ1n) is 2.72. The van der Waals surface area contributed by atoms with Gasteiger partial charge in [0.15, 0.2) is 0 Å². The molecule has 1 aromatic carbocycles. The van der Waals surface area contributed by atoms with Crippen molar-refractivity contribution in [2.45, 2.75) is 0 Å². The predicted octanol–water partition coefficient (Wildman–Crippen LogP) is -1.61. The van der Waals surface area contributed by atoms with E-state index in [0.29, 0.717) is 0 Å². The zero-order valence-electron chi connectivity index (χ0n) is 7.29. The second-order valence-corrected chi connectivity index (χ2v) is 1.78. The maximum atomic E-state index is 5.45. The third-order valence-corrected chi connectivity index (χ3v) is 1.09. The van der Waals surface area contributed by atoms with Crippen LogP contribution in [0.5, 0.6) is 5.75 Å². The van der Waals surface area contributed by atoms with Gasteiger partial charge in [0.05, 0.1) is 7.11 Å². The van der Waals surface area contributed by atoms with Crippen molar-refractivity contribution in [1.29, 1.82) is 0 Å². The zero-order valence-corrected chi connectivity index (χ0v) is 8.29. The molecule has 0 spiro atoms. The Balaban J connectivity index is 0. The maximum absolute atomic E-state index is 5.45. The van der Waals surface area contributed by atoms with Gasteiger partial charge >= 0.3 is 29.6 Å². The minimum Gasteiger partial charge on any atom is -1.00 e. The minimum absolute atomic E-state index is 0. The Kier molecular flexibility index (Phi) is 4.52. The summed E-state index contributed by atoms with van der Waals surface area (Å²) < 4.78 is 4.92. The van der Waals surface area contributed by atoms with Gasteiger partial charge in [-0.25, -0.2) is 0 Å². The van der Waals surface area contributed by atoms with Crippen LogP contribution >= 0.6 is 0 Å². The van der Waals surface area contributed by atoms with Crippen molar-refractivity contribution >= 4 is 5.69 Å². The third kappa shape index (κ3) is 2.60. The topological polar surface area (TPSA) is 35.2 Å². The molecule has 1 rings (SSSR count). The van der Waals surface area contributed by atoms with Crippen LogP contribution in [0.4, 0.5) is 5.69 Å². The van der Waals surface area contributed by atoms with Crippen LogP contribution in [0.2, 0.25) is 0 Å². The van der Waals surface area contributed by atoms with Crippen LogP contribution in [0.1, 0.15) is 1.43 Å². The molecule has 0 saturated heterocycles. The van der Waals surface area contributed by atoms with Crippen molar-refractivity contribution in [1.82, 2.24) is 0 Å². The van der Waals surface area contributed by atoms with Gasteiger partial charge in [-0.3, -0.25) is 0 Å². The molecule has 0 aliphatic heterocycles. The van der Waals surface area contributed by atoms with Gasteiger partial charge in [0.1, 0.15) is 5.75 Å². The van der Waals surface area contributed by atoms with Gasteiger partial charge in [-0.05, 0) is 12.1 Å². The SMILES string of the molecule is COc1cccc(N)c1.[H-].[Na+]. The number of nitrogens with two attached hydrogens (primary N) is 1. The Hall–Kier alpha value is -0.180. The Bertz CT molecular complexity index is 207. The van der Waals surface area contributed by atoms with Crippen molar-refractivity contribution in [2.75, 3.05) is 12.8 Å². The number of anilines is 1. The molecule has 0 heterocycles. The molecule has 0 unspecified atom stereocenters. The van der Waals surface area contributed by atoms with E-state index in [0.717, 1.165) is 11.4 Å². The fraction of sp³-hybridized carbons (Fsp3) is 0.143. The van der Waals surface area contributed by atoms with Crippen LogP contribution in [-0.4, -0.2) is 7.11 Å². The molecule has 0 aliphatic carbocycles. The predicted molar refractivity (Wildman–Crippen MR) is 38.5 cm³/mol. The van der Waals surface area contributed by atoms with E-state index in [1.807, 2.05) is 18.2 Å². The summed E-state index contributed by atoms with van der Waals surface area (Å²) in [5, 5.41) is 0. The van der Waals surface area contributed by atoms with Crippen molar-refractivity contribution in [3.63, 3.8) is 0 Å². The Labute approximate surface area is 84.1 Å². The summed E-state index contributed by atoms with van der Waals surface area (Å²) in [6, 6.07) is 7.31. The molecular weight excluding hydrogens is 137 g/mol. The maximum Gasteiger partial charge on any atom is 1.00 e. The van der Waals surface area contributed by atoms with Crippen LogP contribution in [0.3, 0.4) is 0 Å². The molecule has 0 saturated carbocycles. The summed E-state index contributed by atoms with van der Waals surface area (Å²) in [6.45, 7) is 0. The minimum atomic E-state index is 0. The van der Waals surface area contributed by atoms with Gasteiger partial charge in [-0.1, -0.05) is 6.07 Å². The Morgan fingerprint density at radius 3 is 2.60 bits per heavy atom. The van der Waals surface area contributed by atoms with E-state index in [9.17, 15) is 0 Å². The Morgan fingerprint density at radius 1 is 1.50 bits per heavy atom. The molecule has 3 heteroatoms. The van der Waals surface area contributed by atoms with E-state index in [4.69, 9.17) is 10.5 Å². The van der Waals surface area contributed by atoms with Crippen molar-refractivity contribution in [2.24, 2.45) is 0 Å². The quantitative estimate of drug-likeness (QED) is 0.383. The molecule has 2 N–H and O–H groups in total. The van der Waals surface area contributed by atoms with Gasteiger partial charge in [-0.2, -0.15) is 0 Å². The van der Waals surface area contributed by atoms with Gasteiger partial charge in [0, 0.05) is 11.8 Å². The standard InChI is InChI=1S/C7H9NO.Na.H/c1-9-7-4-2-3-6(8)5-7;;/h2-5H,8H2,1H3;;/q;+1;-1. The van der Waals surface area contributed by atoms with E-state index in [-0.39, 0.29) is 31.0 Å². The van der Waals surface area contributed by atoms with Crippen LogP contribution in [-0.2, 0) is 0 Å². The smallest absolute Gasteiger partial charge is 1.00 e. The second kappa shape index (κ2) is 4.61. The number of hydrogen-bond acceptors (Lipinski definition) is 2. The summed E-state index contributed by atoms with van der Waals surface area (Å²) in [4.78, 5) is 0. The second-order valence-electron chi connectivity index (χ2n) is 1.78. The first-order valence-corrected chi connectivity index (χ1v) is 2.72. The molecule has 1 aromatic rings. The van der Waals surface area contributed by atoms with Crippen molar-refractivity contribution in [3.8, 4) is 5.75 Å². The molecule has 50 valence electrons. The van der Waals surface area contributed by atoms with Gasteiger partial charge < -0.3 is 11.9 Å². The summed E-state index contributed by atoms with van der Waals surface area (Å²) in [6.07, 6.45) is 0. The summed E-state index contributed by atoms with van der Waals surface area (Å²) >= 11 is 0. The van der Waals surface area contributed by atoms with Crippen LogP contribution in [0.15, 0.2) is 24.3 Å². The first kappa shape index (κ1) is 9.82.